The van der Waals surface area contributed by atoms with Gasteiger partial charge < -0.3 is 4.57 Å². The molecule has 0 aliphatic rings. The summed E-state index contributed by atoms with van der Waals surface area (Å²) in [5.74, 6) is -0.887. The fourth-order valence-corrected chi connectivity index (χ4v) is 2.01. The highest BCUT2D eigenvalue weighted by Crippen LogP contribution is 2.30. The molecule has 1 heterocycles. The molecule has 0 saturated carbocycles. The molecule has 2 rings (SSSR count). The summed E-state index contributed by atoms with van der Waals surface area (Å²) in [4.78, 5) is 3.63. The van der Waals surface area contributed by atoms with Crippen LogP contribution in [0.2, 0.25) is 0 Å². The monoisotopic (exact) mass is 318 g/mol. The van der Waals surface area contributed by atoms with Gasteiger partial charge in [-0.1, -0.05) is 40.2 Å². The minimum absolute atomic E-state index is 0.325. The summed E-state index contributed by atoms with van der Waals surface area (Å²) in [6.07, 6.45) is -3.05. The van der Waals surface area contributed by atoms with Gasteiger partial charge in [-0.15, -0.1) is 0 Å². The van der Waals surface area contributed by atoms with Gasteiger partial charge in [0.25, 0.3) is 0 Å². The fourth-order valence-electron chi connectivity index (χ4n) is 1.63. The maximum absolute atomic E-state index is 12.6. The molecule has 0 bridgehead atoms. The highest BCUT2D eigenvalue weighted by molar-refractivity contribution is 9.08. The Labute approximate surface area is 111 Å². The molecule has 0 spiro atoms. The Morgan fingerprint density at radius 3 is 2.28 bits per heavy atom. The van der Waals surface area contributed by atoms with E-state index >= 15 is 0 Å². The van der Waals surface area contributed by atoms with Crippen molar-refractivity contribution in [1.82, 2.24) is 9.55 Å². The number of nitrogens with zero attached hydrogens (tertiary/aromatic N) is 2. The first kappa shape index (κ1) is 13.1. The highest BCUT2D eigenvalue weighted by atomic mass is 79.9. The SMILES string of the molecule is Cn1cc(-c2ccc(CBr)cc2)nc1C(F)(F)F. The minimum atomic E-state index is -4.43. The number of benzene rings is 1. The van der Waals surface area contributed by atoms with E-state index in [0.717, 1.165) is 10.1 Å². The molecule has 0 N–H and O–H groups in total. The molecule has 0 unspecified atom stereocenters. The van der Waals surface area contributed by atoms with E-state index in [1.54, 1.807) is 12.1 Å². The molecule has 96 valence electrons. The topological polar surface area (TPSA) is 17.8 Å². The molecule has 0 fully saturated rings. The Hall–Kier alpha value is -1.30. The van der Waals surface area contributed by atoms with Crippen LogP contribution in [-0.2, 0) is 18.6 Å². The third-order valence-corrected chi connectivity index (χ3v) is 3.18. The molecule has 0 atom stereocenters. The zero-order chi connectivity index (χ0) is 13.3. The van der Waals surface area contributed by atoms with Crippen molar-refractivity contribution in [3.8, 4) is 11.3 Å². The first-order chi connectivity index (χ1) is 8.41. The van der Waals surface area contributed by atoms with Crippen LogP contribution in [-0.4, -0.2) is 9.55 Å². The Morgan fingerprint density at radius 1 is 1.22 bits per heavy atom. The van der Waals surface area contributed by atoms with Crippen molar-refractivity contribution in [2.24, 2.45) is 7.05 Å². The molecule has 0 aliphatic carbocycles. The normalized spacial score (nSPS) is 11.8. The van der Waals surface area contributed by atoms with E-state index in [9.17, 15) is 13.2 Å². The van der Waals surface area contributed by atoms with Crippen molar-refractivity contribution < 1.29 is 13.2 Å². The molecule has 0 aliphatic heterocycles. The lowest BCUT2D eigenvalue weighted by atomic mass is 10.1. The molecule has 0 radical (unpaired) electrons. The summed E-state index contributed by atoms with van der Waals surface area (Å²) in [5.41, 5.74) is 2.06. The predicted octanol–water partition coefficient (Wildman–Crippen LogP) is 4.00. The quantitative estimate of drug-likeness (QED) is 0.765. The lowest BCUT2D eigenvalue weighted by molar-refractivity contribution is -0.146. The number of rotatable bonds is 2. The number of hydrogen-bond donors (Lipinski definition) is 0. The van der Waals surface area contributed by atoms with Crippen LogP contribution < -0.4 is 0 Å². The Balaban J connectivity index is 2.39. The molecule has 2 aromatic rings. The van der Waals surface area contributed by atoms with Gasteiger partial charge in [0.2, 0.25) is 5.82 Å². The van der Waals surface area contributed by atoms with Crippen LogP contribution in [0.25, 0.3) is 11.3 Å². The second-order valence-electron chi connectivity index (χ2n) is 3.89. The number of aryl methyl sites for hydroxylation is 1. The van der Waals surface area contributed by atoms with Crippen molar-refractivity contribution in [1.29, 1.82) is 0 Å². The summed E-state index contributed by atoms with van der Waals surface area (Å²) in [5, 5.41) is 0.712. The van der Waals surface area contributed by atoms with Crippen molar-refractivity contribution in [2.75, 3.05) is 0 Å². The van der Waals surface area contributed by atoms with E-state index in [1.165, 1.54) is 13.2 Å². The third kappa shape index (κ3) is 2.58. The molecule has 0 saturated heterocycles. The summed E-state index contributed by atoms with van der Waals surface area (Å²) < 4.78 is 38.8. The molecular weight excluding hydrogens is 309 g/mol. The minimum Gasteiger partial charge on any atom is -0.330 e. The largest absolute Gasteiger partial charge is 0.449 e. The van der Waals surface area contributed by atoms with Crippen molar-refractivity contribution in [2.45, 2.75) is 11.5 Å². The highest BCUT2D eigenvalue weighted by Gasteiger charge is 2.36. The number of hydrogen-bond acceptors (Lipinski definition) is 1. The standard InChI is InChI=1S/C12H10BrF3N2/c1-18-7-10(17-11(18)12(14,15)16)9-4-2-8(6-13)3-5-9/h2-5,7H,6H2,1H3. The van der Waals surface area contributed by atoms with E-state index in [2.05, 4.69) is 20.9 Å². The van der Waals surface area contributed by atoms with Gasteiger partial charge in [-0.25, -0.2) is 4.98 Å². The van der Waals surface area contributed by atoms with Crippen LogP contribution in [0.15, 0.2) is 30.5 Å². The van der Waals surface area contributed by atoms with Gasteiger partial charge in [0.1, 0.15) is 0 Å². The predicted molar refractivity (Wildman–Crippen MR) is 66.3 cm³/mol. The smallest absolute Gasteiger partial charge is 0.330 e. The Morgan fingerprint density at radius 2 is 1.83 bits per heavy atom. The fraction of sp³-hybridized carbons (Fsp3) is 0.250. The molecule has 18 heavy (non-hydrogen) atoms. The Bertz CT molecular complexity index is 543. The van der Waals surface area contributed by atoms with E-state index < -0.39 is 12.0 Å². The lowest BCUT2D eigenvalue weighted by Crippen LogP contribution is -2.12. The van der Waals surface area contributed by atoms with E-state index in [0.29, 0.717) is 16.6 Å². The van der Waals surface area contributed by atoms with Crippen molar-refractivity contribution >= 4 is 15.9 Å². The van der Waals surface area contributed by atoms with E-state index in [-0.39, 0.29) is 0 Å². The second-order valence-corrected chi connectivity index (χ2v) is 4.45. The van der Waals surface area contributed by atoms with Gasteiger partial charge >= 0.3 is 6.18 Å². The van der Waals surface area contributed by atoms with Crippen LogP contribution in [0.1, 0.15) is 11.4 Å². The average molecular weight is 319 g/mol. The summed E-state index contributed by atoms with van der Waals surface area (Å²) >= 11 is 3.31. The van der Waals surface area contributed by atoms with Gasteiger partial charge in [-0.2, -0.15) is 13.2 Å². The van der Waals surface area contributed by atoms with Gasteiger partial charge in [-0.3, -0.25) is 0 Å². The van der Waals surface area contributed by atoms with Crippen LogP contribution in [0.4, 0.5) is 13.2 Å². The molecule has 1 aromatic heterocycles. The first-order valence-corrected chi connectivity index (χ1v) is 6.30. The third-order valence-electron chi connectivity index (χ3n) is 2.53. The maximum atomic E-state index is 12.6. The molecule has 6 heteroatoms. The zero-order valence-corrected chi connectivity index (χ0v) is 11.1. The van der Waals surface area contributed by atoms with Gasteiger partial charge in [-0.05, 0) is 5.56 Å². The van der Waals surface area contributed by atoms with Crippen molar-refractivity contribution in [3.05, 3.63) is 41.9 Å². The van der Waals surface area contributed by atoms with Crippen LogP contribution >= 0.6 is 15.9 Å². The maximum Gasteiger partial charge on any atom is 0.449 e. The molecule has 0 amide bonds. The first-order valence-electron chi connectivity index (χ1n) is 5.17. The van der Waals surface area contributed by atoms with Crippen LogP contribution in [0, 0.1) is 0 Å². The van der Waals surface area contributed by atoms with E-state index in [4.69, 9.17) is 0 Å². The zero-order valence-electron chi connectivity index (χ0n) is 9.50. The van der Waals surface area contributed by atoms with Crippen LogP contribution in [0.3, 0.4) is 0 Å². The van der Waals surface area contributed by atoms with E-state index in [1.807, 2.05) is 12.1 Å². The molecule has 2 nitrogen and oxygen atoms in total. The summed E-state index contributed by atoms with van der Waals surface area (Å²) in [6.45, 7) is 0. The number of imidazole rings is 1. The molecule has 1 aromatic carbocycles. The summed E-state index contributed by atoms with van der Waals surface area (Å²) in [6, 6.07) is 7.23. The Kier molecular flexibility index (Phi) is 3.47. The second kappa shape index (κ2) is 4.76. The van der Waals surface area contributed by atoms with Gasteiger partial charge in [0.05, 0.1) is 5.69 Å². The number of aromatic nitrogens is 2. The summed E-state index contributed by atoms with van der Waals surface area (Å²) in [7, 11) is 1.34. The van der Waals surface area contributed by atoms with Gasteiger partial charge in [0.15, 0.2) is 0 Å². The van der Waals surface area contributed by atoms with Crippen molar-refractivity contribution in [3.63, 3.8) is 0 Å². The van der Waals surface area contributed by atoms with Gasteiger partial charge in [0, 0.05) is 24.1 Å². The number of alkyl halides is 4. The number of halogens is 4. The lowest BCUT2D eigenvalue weighted by Gasteiger charge is -2.04. The average Bonchev–Trinajstić information content (AvgIpc) is 2.71. The van der Waals surface area contributed by atoms with Crippen LogP contribution in [0.5, 0.6) is 0 Å². The molecular formula is C12H10BrF3N2.